The van der Waals surface area contributed by atoms with Crippen LogP contribution in [0.4, 0.5) is 10.1 Å². The Labute approximate surface area is 83.6 Å². The van der Waals surface area contributed by atoms with Crippen molar-refractivity contribution in [2.24, 2.45) is 0 Å². The molecule has 0 saturated heterocycles. The first-order chi connectivity index (χ1) is 6.59. The lowest BCUT2D eigenvalue weighted by molar-refractivity contribution is 0.326. The monoisotopic (exact) mass is 194 g/mol. The Morgan fingerprint density at radius 3 is 2.71 bits per heavy atom. The SMILES string of the molecule is Cc1ccc(NCC2(F)CC2)c(C)n1. The zero-order valence-electron chi connectivity index (χ0n) is 8.60. The molecule has 0 aliphatic heterocycles. The lowest BCUT2D eigenvalue weighted by Crippen LogP contribution is -2.16. The van der Waals surface area contributed by atoms with Crippen LogP contribution in [0, 0.1) is 13.8 Å². The average molecular weight is 194 g/mol. The number of hydrogen-bond acceptors (Lipinski definition) is 2. The third kappa shape index (κ3) is 2.03. The molecule has 14 heavy (non-hydrogen) atoms. The van der Waals surface area contributed by atoms with E-state index in [0.29, 0.717) is 19.4 Å². The molecule has 3 heteroatoms. The first-order valence-electron chi connectivity index (χ1n) is 4.96. The quantitative estimate of drug-likeness (QED) is 0.800. The van der Waals surface area contributed by atoms with Gasteiger partial charge in [0.05, 0.1) is 11.4 Å². The fourth-order valence-electron chi connectivity index (χ4n) is 1.44. The molecule has 0 atom stereocenters. The highest BCUT2D eigenvalue weighted by Gasteiger charge is 2.42. The summed E-state index contributed by atoms with van der Waals surface area (Å²) in [7, 11) is 0. The van der Waals surface area contributed by atoms with E-state index in [4.69, 9.17) is 0 Å². The predicted octanol–water partition coefficient (Wildman–Crippen LogP) is 2.61. The van der Waals surface area contributed by atoms with E-state index in [1.807, 2.05) is 26.0 Å². The maximum absolute atomic E-state index is 13.3. The first kappa shape index (κ1) is 9.44. The van der Waals surface area contributed by atoms with Crippen LogP contribution in [0.25, 0.3) is 0 Å². The summed E-state index contributed by atoms with van der Waals surface area (Å²) in [4.78, 5) is 4.31. The summed E-state index contributed by atoms with van der Waals surface area (Å²) < 4.78 is 13.3. The topological polar surface area (TPSA) is 24.9 Å². The van der Waals surface area contributed by atoms with Gasteiger partial charge in [-0.2, -0.15) is 0 Å². The van der Waals surface area contributed by atoms with Crippen LogP contribution in [0.5, 0.6) is 0 Å². The summed E-state index contributed by atoms with van der Waals surface area (Å²) >= 11 is 0. The highest BCUT2D eigenvalue weighted by Crippen LogP contribution is 2.39. The molecule has 0 radical (unpaired) electrons. The molecule has 0 spiro atoms. The van der Waals surface area contributed by atoms with Crippen LogP contribution < -0.4 is 5.32 Å². The van der Waals surface area contributed by atoms with Crippen LogP contribution in [0.3, 0.4) is 0 Å². The Morgan fingerprint density at radius 1 is 1.43 bits per heavy atom. The van der Waals surface area contributed by atoms with Gasteiger partial charge < -0.3 is 5.32 Å². The van der Waals surface area contributed by atoms with Gasteiger partial charge >= 0.3 is 0 Å². The molecule has 2 rings (SSSR count). The molecule has 76 valence electrons. The molecular weight excluding hydrogens is 179 g/mol. The third-order valence-corrected chi connectivity index (χ3v) is 2.61. The minimum Gasteiger partial charge on any atom is -0.380 e. The predicted molar refractivity (Wildman–Crippen MR) is 55.3 cm³/mol. The van der Waals surface area contributed by atoms with E-state index in [-0.39, 0.29) is 0 Å². The molecular formula is C11H15FN2. The summed E-state index contributed by atoms with van der Waals surface area (Å²) in [5, 5.41) is 3.11. The number of anilines is 1. The van der Waals surface area contributed by atoms with Crippen molar-refractivity contribution in [3.8, 4) is 0 Å². The molecule has 1 aromatic rings. The van der Waals surface area contributed by atoms with Gasteiger partial charge in [-0.15, -0.1) is 0 Å². The number of hydrogen-bond donors (Lipinski definition) is 1. The zero-order valence-corrected chi connectivity index (χ0v) is 8.60. The van der Waals surface area contributed by atoms with Crippen molar-refractivity contribution in [1.82, 2.24) is 4.98 Å². The van der Waals surface area contributed by atoms with Crippen molar-refractivity contribution < 1.29 is 4.39 Å². The van der Waals surface area contributed by atoms with E-state index in [2.05, 4.69) is 10.3 Å². The van der Waals surface area contributed by atoms with Gasteiger partial charge in [0, 0.05) is 12.2 Å². The largest absolute Gasteiger partial charge is 0.380 e. The number of halogens is 1. The van der Waals surface area contributed by atoms with Crippen LogP contribution in [0.2, 0.25) is 0 Å². The van der Waals surface area contributed by atoms with E-state index in [0.717, 1.165) is 17.1 Å². The van der Waals surface area contributed by atoms with Gasteiger partial charge in [0.15, 0.2) is 0 Å². The molecule has 0 unspecified atom stereocenters. The number of aromatic nitrogens is 1. The van der Waals surface area contributed by atoms with Crippen molar-refractivity contribution in [1.29, 1.82) is 0 Å². The Kier molecular flexibility index (Phi) is 2.17. The zero-order chi connectivity index (χ0) is 10.2. The number of alkyl halides is 1. The van der Waals surface area contributed by atoms with Crippen molar-refractivity contribution in [3.63, 3.8) is 0 Å². The number of pyridine rings is 1. The summed E-state index contributed by atoms with van der Waals surface area (Å²) in [6.45, 7) is 4.31. The standard InChI is InChI=1S/C11H15FN2/c1-8-3-4-10(9(2)14-8)13-7-11(12)5-6-11/h3-4,13H,5-7H2,1-2H3. The second kappa shape index (κ2) is 3.23. The van der Waals surface area contributed by atoms with Gasteiger partial charge in [0.1, 0.15) is 5.67 Å². The van der Waals surface area contributed by atoms with Gasteiger partial charge in [0.2, 0.25) is 0 Å². The van der Waals surface area contributed by atoms with Gasteiger partial charge in [0.25, 0.3) is 0 Å². The highest BCUT2D eigenvalue weighted by atomic mass is 19.1. The Hall–Kier alpha value is -1.12. The number of nitrogens with one attached hydrogen (secondary N) is 1. The van der Waals surface area contributed by atoms with E-state index in [1.165, 1.54) is 0 Å². The summed E-state index contributed by atoms with van der Waals surface area (Å²) in [5.74, 6) is 0. The van der Waals surface area contributed by atoms with Gasteiger partial charge in [-0.05, 0) is 38.8 Å². The lowest BCUT2D eigenvalue weighted by Gasteiger charge is -2.11. The van der Waals surface area contributed by atoms with Crippen LogP contribution in [-0.2, 0) is 0 Å². The molecule has 1 fully saturated rings. The summed E-state index contributed by atoms with van der Waals surface area (Å²) in [6.07, 6.45) is 1.39. The van der Waals surface area contributed by atoms with E-state index in [1.54, 1.807) is 0 Å². The smallest absolute Gasteiger partial charge is 0.128 e. The molecule has 1 aromatic heterocycles. The van der Waals surface area contributed by atoms with Crippen molar-refractivity contribution in [2.45, 2.75) is 32.4 Å². The fourth-order valence-corrected chi connectivity index (χ4v) is 1.44. The molecule has 1 aliphatic carbocycles. The second-order valence-electron chi connectivity index (χ2n) is 4.09. The molecule has 2 nitrogen and oxygen atoms in total. The fraction of sp³-hybridized carbons (Fsp3) is 0.545. The number of aryl methyl sites for hydroxylation is 2. The van der Waals surface area contributed by atoms with Crippen LogP contribution in [0.1, 0.15) is 24.2 Å². The third-order valence-electron chi connectivity index (χ3n) is 2.61. The highest BCUT2D eigenvalue weighted by molar-refractivity contribution is 5.48. The van der Waals surface area contributed by atoms with Gasteiger partial charge in [-0.25, -0.2) is 4.39 Å². The van der Waals surface area contributed by atoms with Crippen LogP contribution >= 0.6 is 0 Å². The second-order valence-corrected chi connectivity index (χ2v) is 4.09. The number of nitrogens with zero attached hydrogens (tertiary/aromatic N) is 1. The molecule has 0 bridgehead atoms. The number of rotatable bonds is 3. The maximum atomic E-state index is 13.3. The van der Waals surface area contributed by atoms with Crippen molar-refractivity contribution in [2.75, 3.05) is 11.9 Å². The van der Waals surface area contributed by atoms with Gasteiger partial charge in [-0.1, -0.05) is 0 Å². The Bertz CT molecular complexity index is 345. The Morgan fingerprint density at radius 2 is 2.14 bits per heavy atom. The molecule has 0 aromatic carbocycles. The van der Waals surface area contributed by atoms with Crippen molar-refractivity contribution in [3.05, 3.63) is 23.5 Å². The minimum absolute atomic E-state index is 0.415. The molecule has 1 aliphatic rings. The molecule has 0 amide bonds. The molecule has 1 heterocycles. The van der Waals surface area contributed by atoms with Crippen LogP contribution in [-0.4, -0.2) is 17.2 Å². The average Bonchev–Trinajstić information content (AvgIpc) is 2.83. The normalized spacial score (nSPS) is 17.9. The van der Waals surface area contributed by atoms with Crippen molar-refractivity contribution >= 4 is 5.69 Å². The summed E-state index contributed by atoms with van der Waals surface area (Å²) in [5.41, 5.74) is 1.93. The van der Waals surface area contributed by atoms with E-state index < -0.39 is 5.67 Å². The molecule has 1 N–H and O–H groups in total. The first-order valence-corrected chi connectivity index (χ1v) is 4.96. The van der Waals surface area contributed by atoms with E-state index >= 15 is 0 Å². The molecule has 1 saturated carbocycles. The summed E-state index contributed by atoms with van der Waals surface area (Å²) in [6, 6.07) is 3.90. The maximum Gasteiger partial charge on any atom is 0.128 e. The van der Waals surface area contributed by atoms with Gasteiger partial charge in [-0.3, -0.25) is 4.98 Å². The van der Waals surface area contributed by atoms with Crippen LogP contribution in [0.15, 0.2) is 12.1 Å². The van der Waals surface area contributed by atoms with E-state index in [9.17, 15) is 4.39 Å². The lowest BCUT2D eigenvalue weighted by atomic mass is 10.2. The Balaban J connectivity index is 2.02. The minimum atomic E-state index is -0.947.